The van der Waals surface area contributed by atoms with Gasteiger partial charge in [-0.3, -0.25) is 9.48 Å². The van der Waals surface area contributed by atoms with Gasteiger partial charge in [0.05, 0.1) is 22.5 Å². The molecule has 1 amide bonds. The van der Waals surface area contributed by atoms with Crippen LogP contribution in [-0.4, -0.2) is 15.7 Å². The minimum atomic E-state index is -0.608. The van der Waals surface area contributed by atoms with E-state index in [0.29, 0.717) is 11.3 Å². The van der Waals surface area contributed by atoms with Crippen molar-refractivity contribution in [1.29, 1.82) is 0 Å². The number of hydrogen-bond acceptors (Lipinski definition) is 2. The fourth-order valence-electron chi connectivity index (χ4n) is 1.60. The van der Waals surface area contributed by atoms with Crippen LogP contribution < -0.4 is 5.73 Å². The van der Waals surface area contributed by atoms with E-state index in [9.17, 15) is 9.18 Å². The highest BCUT2D eigenvalue weighted by atomic mass is 35.5. The first-order chi connectivity index (χ1) is 8.00. The Balaban J connectivity index is 2.63. The molecule has 0 spiro atoms. The van der Waals surface area contributed by atoms with Crippen molar-refractivity contribution in [2.24, 2.45) is 12.8 Å². The van der Waals surface area contributed by atoms with E-state index in [-0.39, 0.29) is 10.6 Å². The SMILES string of the molecule is Cn1ncc(C(N)=O)c1-c1ccc(Cl)c(F)c1. The minimum absolute atomic E-state index is 0.0246. The summed E-state index contributed by atoms with van der Waals surface area (Å²) in [6.45, 7) is 0. The average Bonchev–Trinajstić information content (AvgIpc) is 2.64. The number of aryl methyl sites for hydroxylation is 1. The number of carbonyl (C=O) groups excluding carboxylic acids is 1. The molecular formula is C11H9ClFN3O. The molecule has 2 aromatic rings. The van der Waals surface area contributed by atoms with Gasteiger partial charge < -0.3 is 5.73 Å². The lowest BCUT2D eigenvalue weighted by atomic mass is 10.1. The van der Waals surface area contributed by atoms with Gasteiger partial charge in [-0.05, 0) is 12.1 Å². The van der Waals surface area contributed by atoms with Crippen LogP contribution in [0.2, 0.25) is 5.02 Å². The Hall–Kier alpha value is -1.88. The van der Waals surface area contributed by atoms with E-state index >= 15 is 0 Å². The number of carbonyl (C=O) groups is 1. The molecule has 0 saturated carbocycles. The Kier molecular flexibility index (Phi) is 2.85. The minimum Gasteiger partial charge on any atom is -0.365 e. The van der Waals surface area contributed by atoms with Gasteiger partial charge in [0.25, 0.3) is 5.91 Å². The first-order valence-electron chi connectivity index (χ1n) is 4.78. The first-order valence-corrected chi connectivity index (χ1v) is 5.15. The number of halogens is 2. The summed E-state index contributed by atoms with van der Waals surface area (Å²) in [6, 6.07) is 4.27. The monoisotopic (exact) mass is 253 g/mol. The maximum atomic E-state index is 13.4. The van der Waals surface area contributed by atoms with Gasteiger partial charge in [0.2, 0.25) is 0 Å². The maximum absolute atomic E-state index is 13.4. The zero-order chi connectivity index (χ0) is 12.6. The summed E-state index contributed by atoms with van der Waals surface area (Å²) >= 11 is 5.60. The number of rotatable bonds is 2. The molecule has 0 bridgehead atoms. The predicted molar refractivity (Wildman–Crippen MR) is 62.1 cm³/mol. The van der Waals surface area contributed by atoms with Gasteiger partial charge in [0.15, 0.2) is 0 Å². The van der Waals surface area contributed by atoms with Crippen LogP contribution in [0.1, 0.15) is 10.4 Å². The van der Waals surface area contributed by atoms with Crippen LogP contribution in [0.5, 0.6) is 0 Å². The normalized spacial score (nSPS) is 10.5. The number of nitrogens with zero attached hydrogens (tertiary/aromatic N) is 2. The third-order valence-corrected chi connectivity index (χ3v) is 2.70. The summed E-state index contributed by atoms with van der Waals surface area (Å²) in [7, 11) is 1.65. The van der Waals surface area contributed by atoms with E-state index in [1.54, 1.807) is 13.1 Å². The fraction of sp³-hybridized carbons (Fsp3) is 0.0909. The molecule has 1 aromatic carbocycles. The molecule has 6 heteroatoms. The van der Waals surface area contributed by atoms with E-state index in [2.05, 4.69) is 5.10 Å². The molecule has 88 valence electrons. The van der Waals surface area contributed by atoms with Crippen LogP contribution in [0.25, 0.3) is 11.3 Å². The quantitative estimate of drug-likeness (QED) is 0.890. The number of primary amides is 1. The van der Waals surface area contributed by atoms with E-state index in [4.69, 9.17) is 17.3 Å². The molecule has 2 rings (SSSR count). The zero-order valence-corrected chi connectivity index (χ0v) is 9.70. The molecule has 0 fully saturated rings. The molecule has 0 unspecified atom stereocenters. The molecule has 0 saturated heterocycles. The summed E-state index contributed by atoms with van der Waals surface area (Å²) in [6.07, 6.45) is 1.35. The summed E-state index contributed by atoms with van der Waals surface area (Å²) in [5, 5.41) is 3.95. The Bertz CT molecular complexity index is 594. The van der Waals surface area contributed by atoms with Crippen LogP contribution in [0.3, 0.4) is 0 Å². The molecule has 1 aromatic heterocycles. The third-order valence-electron chi connectivity index (χ3n) is 2.40. The van der Waals surface area contributed by atoms with Gasteiger partial charge in [-0.15, -0.1) is 0 Å². The Morgan fingerprint density at radius 3 is 2.82 bits per heavy atom. The largest absolute Gasteiger partial charge is 0.365 e. The van der Waals surface area contributed by atoms with Crippen molar-refractivity contribution in [3.63, 3.8) is 0 Å². The summed E-state index contributed by atoms with van der Waals surface area (Å²) in [4.78, 5) is 11.2. The molecule has 17 heavy (non-hydrogen) atoms. The van der Waals surface area contributed by atoms with Crippen molar-refractivity contribution < 1.29 is 9.18 Å². The van der Waals surface area contributed by atoms with Crippen LogP contribution in [0.15, 0.2) is 24.4 Å². The number of hydrogen-bond donors (Lipinski definition) is 1. The van der Waals surface area contributed by atoms with E-state index < -0.39 is 11.7 Å². The summed E-state index contributed by atoms with van der Waals surface area (Å²) in [5.74, 6) is -1.16. The third kappa shape index (κ3) is 2.01. The van der Waals surface area contributed by atoms with Crippen molar-refractivity contribution in [3.8, 4) is 11.3 Å². The number of benzene rings is 1. The lowest BCUT2D eigenvalue weighted by Crippen LogP contribution is -2.12. The smallest absolute Gasteiger partial charge is 0.252 e. The molecule has 0 aliphatic rings. The van der Waals surface area contributed by atoms with Crippen molar-refractivity contribution in [3.05, 3.63) is 40.8 Å². The van der Waals surface area contributed by atoms with Gasteiger partial charge >= 0.3 is 0 Å². The van der Waals surface area contributed by atoms with Crippen LogP contribution >= 0.6 is 11.6 Å². The van der Waals surface area contributed by atoms with Crippen LogP contribution in [0, 0.1) is 5.82 Å². The molecule has 1 heterocycles. The predicted octanol–water partition coefficient (Wildman–Crippen LogP) is 1.98. The zero-order valence-electron chi connectivity index (χ0n) is 8.95. The van der Waals surface area contributed by atoms with Gasteiger partial charge in [0, 0.05) is 12.6 Å². The van der Waals surface area contributed by atoms with Crippen molar-refractivity contribution in [2.75, 3.05) is 0 Å². The van der Waals surface area contributed by atoms with Gasteiger partial charge in [-0.1, -0.05) is 17.7 Å². The number of amides is 1. The number of nitrogens with two attached hydrogens (primary N) is 1. The lowest BCUT2D eigenvalue weighted by molar-refractivity contribution is 0.100. The first kappa shape index (κ1) is 11.6. The molecule has 4 nitrogen and oxygen atoms in total. The highest BCUT2D eigenvalue weighted by Gasteiger charge is 2.16. The average molecular weight is 254 g/mol. The van der Waals surface area contributed by atoms with E-state index in [1.165, 1.54) is 23.0 Å². The second-order valence-electron chi connectivity index (χ2n) is 3.52. The Morgan fingerprint density at radius 2 is 2.24 bits per heavy atom. The molecular weight excluding hydrogens is 245 g/mol. The van der Waals surface area contributed by atoms with Crippen molar-refractivity contribution in [2.45, 2.75) is 0 Å². The summed E-state index contributed by atoms with van der Waals surface area (Å²) < 4.78 is 14.8. The van der Waals surface area contributed by atoms with Crippen molar-refractivity contribution in [1.82, 2.24) is 9.78 Å². The highest BCUT2D eigenvalue weighted by molar-refractivity contribution is 6.30. The van der Waals surface area contributed by atoms with Gasteiger partial charge in [-0.25, -0.2) is 4.39 Å². The highest BCUT2D eigenvalue weighted by Crippen LogP contribution is 2.26. The van der Waals surface area contributed by atoms with Gasteiger partial charge in [0.1, 0.15) is 5.82 Å². The van der Waals surface area contributed by atoms with Crippen molar-refractivity contribution >= 4 is 17.5 Å². The Morgan fingerprint density at radius 1 is 1.53 bits per heavy atom. The van der Waals surface area contributed by atoms with E-state index in [0.717, 1.165) is 0 Å². The second kappa shape index (κ2) is 4.18. The Labute approximate surface area is 102 Å². The molecule has 0 atom stereocenters. The van der Waals surface area contributed by atoms with Crippen LogP contribution in [0.4, 0.5) is 4.39 Å². The molecule has 0 aliphatic carbocycles. The van der Waals surface area contributed by atoms with Crippen LogP contribution in [-0.2, 0) is 7.05 Å². The van der Waals surface area contributed by atoms with Gasteiger partial charge in [-0.2, -0.15) is 5.10 Å². The summed E-state index contributed by atoms with van der Waals surface area (Å²) in [5.41, 5.74) is 6.43. The number of aromatic nitrogens is 2. The fourth-order valence-corrected chi connectivity index (χ4v) is 1.72. The molecule has 2 N–H and O–H groups in total. The maximum Gasteiger partial charge on any atom is 0.252 e. The standard InChI is InChI=1S/C11H9ClFN3O/c1-16-10(7(5-15-16)11(14)17)6-2-3-8(12)9(13)4-6/h2-5H,1H3,(H2,14,17). The molecule has 0 aliphatic heterocycles. The second-order valence-corrected chi connectivity index (χ2v) is 3.93. The topological polar surface area (TPSA) is 60.9 Å². The lowest BCUT2D eigenvalue weighted by Gasteiger charge is -2.05. The molecule has 0 radical (unpaired) electrons. The van der Waals surface area contributed by atoms with E-state index in [1.807, 2.05) is 0 Å².